The third kappa shape index (κ3) is 2.88. The first kappa shape index (κ1) is 17.1. The van der Waals surface area contributed by atoms with Crippen LogP contribution in [0.25, 0.3) is 0 Å². The first-order valence-electron chi connectivity index (χ1n) is 8.11. The van der Waals surface area contributed by atoms with E-state index in [1.54, 1.807) is 33.5 Å². The Hall–Kier alpha value is -2.76. The number of ether oxygens (including phenoxy) is 4. The average Bonchev–Trinajstić information content (AvgIpc) is 2.65. The molecular weight excluding hydrogens is 322 g/mol. The lowest BCUT2D eigenvalue weighted by Gasteiger charge is -2.33. The fourth-order valence-electron chi connectivity index (χ4n) is 3.33. The number of phenols is 1. The summed E-state index contributed by atoms with van der Waals surface area (Å²) in [5.41, 5.74) is 2.94. The van der Waals surface area contributed by atoms with Crippen molar-refractivity contribution in [1.82, 2.24) is 0 Å². The van der Waals surface area contributed by atoms with Gasteiger partial charge in [0.05, 0.1) is 34.1 Å². The van der Waals surface area contributed by atoms with Crippen molar-refractivity contribution in [3.63, 3.8) is 0 Å². The summed E-state index contributed by atoms with van der Waals surface area (Å²) in [5, 5.41) is 10.1. The maximum absolute atomic E-state index is 10.1. The number of aromatic hydroxyl groups is 1. The summed E-state index contributed by atoms with van der Waals surface area (Å²) in [6.07, 6.45) is 1.85. The standard InChI is InChI=1S/C19H23NO5/c1-22-16-8-7-12(10-15(16)21)20-9-5-6-13-14(20)11-17(23-2)19(25-4)18(13)24-3/h7-8,10-11,21H,5-6,9H2,1-4H3. The molecule has 1 heterocycles. The van der Waals surface area contributed by atoms with Crippen molar-refractivity contribution in [1.29, 1.82) is 0 Å². The molecule has 3 rings (SSSR count). The summed E-state index contributed by atoms with van der Waals surface area (Å²) in [6, 6.07) is 7.35. The van der Waals surface area contributed by atoms with Crippen molar-refractivity contribution in [3.8, 4) is 28.7 Å². The molecule has 2 aromatic rings. The maximum Gasteiger partial charge on any atom is 0.203 e. The second kappa shape index (κ2) is 7.01. The van der Waals surface area contributed by atoms with Gasteiger partial charge in [-0.05, 0) is 25.0 Å². The molecular formula is C19H23NO5. The molecule has 0 unspecified atom stereocenters. The summed E-state index contributed by atoms with van der Waals surface area (Å²) in [4.78, 5) is 2.14. The van der Waals surface area contributed by atoms with Gasteiger partial charge in [0.2, 0.25) is 5.75 Å². The third-order valence-electron chi connectivity index (χ3n) is 4.48. The highest BCUT2D eigenvalue weighted by atomic mass is 16.5. The number of methoxy groups -OCH3 is 4. The molecule has 0 saturated carbocycles. The summed E-state index contributed by atoms with van der Waals surface area (Å²) < 4.78 is 21.7. The molecule has 0 radical (unpaired) electrons. The minimum atomic E-state index is 0.111. The SMILES string of the molecule is COc1ccc(N2CCCc3c2cc(OC)c(OC)c3OC)cc1O. The Morgan fingerprint density at radius 3 is 2.20 bits per heavy atom. The smallest absolute Gasteiger partial charge is 0.203 e. The Bertz CT molecular complexity index is 775. The van der Waals surface area contributed by atoms with Gasteiger partial charge in [-0.1, -0.05) is 0 Å². The van der Waals surface area contributed by atoms with E-state index in [0.717, 1.165) is 36.3 Å². The van der Waals surface area contributed by atoms with E-state index in [4.69, 9.17) is 18.9 Å². The van der Waals surface area contributed by atoms with Crippen LogP contribution >= 0.6 is 0 Å². The normalized spacial score (nSPS) is 13.2. The van der Waals surface area contributed by atoms with Crippen LogP contribution in [0.15, 0.2) is 24.3 Å². The van der Waals surface area contributed by atoms with E-state index in [2.05, 4.69) is 4.90 Å². The molecule has 0 bridgehead atoms. The molecule has 1 N–H and O–H groups in total. The molecule has 0 aromatic heterocycles. The molecule has 0 saturated heterocycles. The van der Waals surface area contributed by atoms with Gasteiger partial charge < -0.3 is 29.0 Å². The highest BCUT2D eigenvalue weighted by Gasteiger charge is 2.27. The number of fused-ring (bicyclic) bond motifs is 1. The molecule has 0 atom stereocenters. The summed E-state index contributed by atoms with van der Waals surface area (Å²) in [5.74, 6) is 2.47. The molecule has 134 valence electrons. The minimum Gasteiger partial charge on any atom is -0.504 e. The van der Waals surface area contributed by atoms with Crippen molar-refractivity contribution in [2.24, 2.45) is 0 Å². The van der Waals surface area contributed by atoms with Gasteiger partial charge in [-0.2, -0.15) is 0 Å². The van der Waals surface area contributed by atoms with E-state index in [1.165, 1.54) is 7.11 Å². The van der Waals surface area contributed by atoms with Crippen LogP contribution in [0.1, 0.15) is 12.0 Å². The summed E-state index contributed by atoms with van der Waals surface area (Å²) in [6.45, 7) is 0.831. The largest absolute Gasteiger partial charge is 0.504 e. The zero-order valence-corrected chi connectivity index (χ0v) is 15.0. The lowest BCUT2D eigenvalue weighted by Crippen LogP contribution is -2.25. The number of rotatable bonds is 5. The molecule has 1 aliphatic heterocycles. The first-order chi connectivity index (χ1) is 12.1. The van der Waals surface area contributed by atoms with E-state index in [1.807, 2.05) is 12.1 Å². The van der Waals surface area contributed by atoms with Gasteiger partial charge in [0.25, 0.3) is 0 Å². The maximum atomic E-state index is 10.1. The molecule has 25 heavy (non-hydrogen) atoms. The Morgan fingerprint density at radius 1 is 0.880 bits per heavy atom. The van der Waals surface area contributed by atoms with Gasteiger partial charge in [0.1, 0.15) is 0 Å². The third-order valence-corrected chi connectivity index (χ3v) is 4.48. The second-order valence-corrected chi connectivity index (χ2v) is 5.75. The molecule has 1 aliphatic rings. The molecule has 2 aromatic carbocycles. The molecule has 0 spiro atoms. The Morgan fingerprint density at radius 2 is 1.60 bits per heavy atom. The van der Waals surface area contributed by atoms with Crippen LogP contribution in [0.4, 0.5) is 11.4 Å². The van der Waals surface area contributed by atoms with Gasteiger partial charge in [-0.3, -0.25) is 0 Å². The predicted molar refractivity (Wildman–Crippen MR) is 96.1 cm³/mol. The van der Waals surface area contributed by atoms with E-state index in [-0.39, 0.29) is 5.75 Å². The molecule has 6 nitrogen and oxygen atoms in total. The Balaban J connectivity index is 2.14. The number of anilines is 2. The van der Waals surface area contributed by atoms with Crippen LogP contribution < -0.4 is 23.8 Å². The first-order valence-corrected chi connectivity index (χ1v) is 8.11. The number of phenolic OH excluding ortho intramolecular Hbond substituents is 1. The molecule has 6 heteroatoms. The lowest BCUT2D eigenvalue weighted by molar-refractivity contribution is 0.321. The van der Waals surface area contributed by atoms with E-state index >= 15 is 0 Å². The quantitative estimate of drug-likeness (QED) is 0.895. The van der Waals surface area contributed by atoms with Crippen molar-refractivity contribution < 1.29 is 24.1 Å². The minimum absolute atomic E-state index is 0.111. The molecule has 0 fully saturated rings. The monoisotopic (exact) mass is 345 g/mol. The predicted octanol–water partition coefficient (Wildman–Crippen LogP) is 3.51. The van der Waals surface area contributed by atoms with E-state index in [9.17, 15) is 5.11 Å². The van der Waals surface area contributed by atoms with Crippen LogP contribution in [0.3, 0.4) is 0 Å². The number of hydrogen-bond acceptors (Lipinski definition) is 6. The topological polar surface area (TPSA) is 60.4 Å². The van der Waals surface area contributed by atoms with Gasteiger partial charge in [0, 0.05) is 29.9 Å². The van der Waals surface area contributed by atoms with E-state index in [0.29, 0.717) is 23.0 Å². The number of nitrogens with zero attached hydrogens (tertiary/aromatic N) is 1. The van der Waals surface area contributed by atoms with Crippen LogP contribution in [0, 0.1) is 0 Å². The highest BCUT2D eigenvalue weighted by Crippen LogP contribution is 2.49. The van der Waals surface area contributed by atoms with Gasteiger partial charge in [0.15, 0.2) is 23.0 Å². The Labute approximate surface area is 147 Å². The molecule has 0 amide bonds. The van der Waals surface area contributed by atoms with E-state index < -0.39 is 0 Å². The second-order valence-electron chi connectivity index (χ2n) is 5.75. The summed E-state index contributed by atoms with van der Waals surface area (Å²) >= 11 is 0. The van der Waals surface area contributed by atoms with Crippen LogP contribution in [0.2, 0.25) is 0 Å². The number of hydrogen-bond donors (Lipinski definition) is 1. The van der Waals surface area contributed by atoms with Crippen molar-refractivity contribution in [2.75, 3.05) is 39.9 Å². The van der Waals surface area contributed by atoms with Crippen molar-refractivity contribution in [2.45, 2.75) is 12.8 Å². The highest BCUT2D eigenvalue weighted by molar-refractivity contribution is 5.77. The van der Waals surface area contributed by atoms with Crippen molar-refractivity contribution >= 4 is 11.4 Å². The van der Waals surface area contributed by atoms with Gasteiger partial charge >= 0.3 is 0 Å². The average molecular weight is 345 g/mol. The fraction of sp³-hybridized carbons (Fsp3) is 0.368. The molecule has 0 aliphatic carbocycles. The number of benzene rings is 2. The lowest BCUT2D eigenvalue weighted by atomic mass is 9.98. The van der Waals surface area contributed by atoms with Crippen LogP contribution in [-0.4, -0.2) is 40.1 Å². The zero-order valence-electron chi connectivity index (χ0n) is 15.0. The fourth-order valence-corrected chi connectivity index (χ4v) is 3.33. The summed E-state index contributed by atoms with van der Waals surface area (Å²) in [7, 11) is 6.38. The van der Waals surface area contributed by atoms with Crippen molar-refractivity contribution in [3.05, 3.63) is 29.8 Å². The van der Waals surface area contributed by atoms with Gasteiger partial charge in [-0.25, -0.2) is 0 Å². The van der Waals surface area contributed by atoms with Gasteiger partial charge in [-0.15, -0.1) is 0 Å². The van der Waals surface area contributed by atoms with Crippen LogP contribution in [-0.2, 0) is 6.42 Å². The Kier molecular flexibility index (Phi) is 4.79. The zero-order chi connectivity index (χ0) is 18.0. The van der Waals surface area contributed by atoms with Crippen LogP contribution in [0.5, 0.6) is 28.7 Å².